The smallest absolute Gasteiger partial charge is 0.296 e. The van der Waals surface area contributed by atoms with Crippen LogP contribution in [0.15, 0.2) is 34.9 Å². The van der Waals surface area contributed by atoms with Gasteiger partial charge in [0.15, 0.2) is 5.82 Å². The summed E-state index contributed by atoms with van der Waals surface area (Å²) in [6.45, 7) is 0.691. The van der Waals surface area contributed by atoms with Crippen molar-refractivity contribution in [2.24, 2.45) is 0 Å². The molecule has 3 rings (SSSR count). The summed E-state index contributed by atoms with van der Waals surface area (Å²) in [5.41, 5.74) is 7.60. The summed E-state index contributed by atoms with van der Waals surface area (Å²) in [7, 11) is 0. The van der Waals surface area contributed by atoms with Gasteiger partial charge in [0.25, 0.3) is 5.91 Å². The van der Waals surface area contributed by atoms with Gasteiger partial charge in [-0.3, -0.25) is 4.79 Å². The number of nitrogens with zero attached hydrogens (tertiary/aromatic N) is 2. The molecular formula is C13H13N3O2. The fourth-order valence-corrected chi connectivity index (χ4v) is 2.27. The third-order valence-corrected chi connectivity index (χ3v) is 3.09. The molecule has 0 bridgehead atoms. The minimum atomic E-state index is -0.189. The Labute approximate surface area is 104 Å². The summed E-state index contributed by atoms with van der Waals surface area (Å²) in [4.78, 5) is 14.0. The van der Waals surface area contributed by atoms with E-state index in [1.165, 1.54) is 11.6 Å². The number of benzene rings is 1. The largest absolute Gasteiger partial charge is 0.381 e. The number of aryl methyl sites for hydroxylation is 1. The Balaban J connectivity index is 1.96. The van der Waals surface area contributed by atoms with E-state index >= 15 is 0 Å². The van der Waals surface area contributed by atoms with Crippen LogP contribution in [-0.2, 0) is 6.42 Å². The lowest BCUT2D eigenvalue weighted by Gasteiger charge is -2.28. The topological polar surface area (TPSA) is 72.4 Å². The molecule has 18 heavy (non-hydrogen) atoms. The van der Waals surface area contributed by atoms with Crippen LogP contribution in [0.1, 0.15) is 22.5 Å². The average molecular weight is 243 g/mol. The van der Waals surface area contributed by atoms with Gasteiger partial charge in [-0.05, 0) is 24.5 Å². The minimum absolute atomic E-state index is 0.184. The van der Waals surface area contributed by atoms with Gasteiger partial charge in [-0.2, -0.15) is 0 Å². The summed E-state index contributed by atoms with van der Waals surface area (Å²) in [6.07, 6.45) is 1.95. The Bertz CT molecular complexity index is 591. The van der Waals surface area contributed by atoms with Crippen molar-refractivity contribution in [1.29, 1.82) is 0 Å². The third kappa shape index (κ3) is 1.73. The number of rotatable bonds is 1. The first kappa shape index (κ1) is 10.8. The van der Waals surface area contributed by atoms with E-state index in [4.69, 9.17) is 10.3 Å². The molecule has 2 aromatic rings. The second kappa shape index (κ2) is 4.18. The van der Waals surface area contributed by atoms with Gasteiger partial charge in [0.1, 0.15) is 0 Å². The molecule has 1 aromatic heterocycles. The summed E-state index contributed by atoms with van der Waals surface area (Å²) in [5, 5.41) is 3.54. The normalized spacial score (nSPS) is 14.3. The molecule has 5 nitrogen and oxygen atoms in total. The quantitative estimate of drug-likeness (QED) is 0.829. The Kier molecular flexibility index (Phi) is 2.51. The van der Waals surface area contributed by atoms with Gasteiger partial charge in [0.2, 0.25) is 5.76 Å². The van der Waals surface area contributed by atoms with E-state index in [9.17, 15) is 4.79 Å². The molecule has 0 unspecified atom stereocenters. The molecule has 2 N–H and O–H groups in total. The molecule has 1 amide bonds. The minimum Gasteiger partial charge on any atom is -0.381 e. The number of nitrogens with two attached hydrogens (primary N) is 1. The molecule has 0 radical (unpaired) electrons. The Morgan fingerprint density at radius 1 is 1.39 bits per heavy atom. The Hall–Kier alpha value is -2.30. The average Bonchev–Trinajstić information content (AvgIpc) is 2.84. The zero-order valence-electron chi connectivity index (χ0n) is 9.80. The second-order valence-corrected chi connectivity index (χ2v) is 4.31. The van der Waals surface area contributed by atoms with Gasteiger partial charge in [-0.15, -0.1) is 0 Å². The van der Waals surface area contributed by atoms with E-state index in [1.807, 2.05) is 24.3 Å². The fraction of sp³-hybridized carbons (Fsp3) is 0.231. The van der Waals surface area contributed by atoms with E-state index in [0.29, 0.717) is 6.54 Å². The summed E-state index contributed by atoms with van der Waals surface area (Å²) >= 11 is 0. The first-order chi connectivity index (χ1) is 8.75. The van der Waals surface area contributed by atoms with Crippen LogP contribution in [-0.4, -0.2) is 17.6 Å². The van der Waals surface area contributed by atoms with Crippen molar-refractivity contribution in [3.05, 3.63) is 41.7 Å². The molecule has 0 saturated heterocycles. The number of nitrogen functional groups attached to an aromatic ring is 1. The number of hydrogen-bond donors (Lipinski definition) is 1. The fourth-order valence-electron chi connectivity index (χ4n) is 2.27. The number of fused-ring (bicyclic) bond motifs is 1. The van der Waals surface area contributed by atoms with Crippen LogP contribution in [0.25, 0.3) is 0 Å². The molecule has 0 atom stereocenters. The van der Waals surface area contributed by atoms with Crippen LogP contribution in [0.4, 0.5) is 11.5 Å². The number of carbonyl (C=O) groups is 1. The van der Waals surface area contributed by atoms with Crippen molar-refractivity contribution in [2.45, 2.75) is 12.8 Å². The molecule has 1 aromatic carbocycles. The van der Waals surface area contributed by atoms with Gasteiger partial charge in [0, 0.05) is 18.3 Å². The van der Waals surface area contributed by atoms with Crippen molar-refractivity contribution in [1.82, 2.24) is 5.16 Å². The molecule has 1 aliphatic rings. The molecule has 5 heteroatoms. The predicted octanol–water partition coefficient (Wildman–Crippen LogP) is 1.85. The molecule has 92 valence electrons. The lowest BCUT2D eigenvalue weighted by Crippen LogP contribution is -2.35. The van der Waals surface area contributed by atoms with Gasteiger partial charge in [-0.25, -0.2) is 0 Å². The van der Waals surface area contributed by atoms with Crippen molar-refractivity contribution < 1.29 is 9.32 Å². The van der Waals surface area contributed by atoms with Crippen LogP contribution in [0, 0.1) is 0 Å². The standard InChI is InChI=1S/C13H13N3O2/c14-12-8-11(18-15-12)13(17)16-7-3-5-9-4-1-2-6-10(9)16/h1-2,4,6,8H,3,5,7H2,(H2,14,15). The van der Waals surface area contributed by atoms with Crippen molar-refractivity contribution in [3.8, 4) is 0 Å². The van der Waals surface area contributed by atoms with Gasteiger partial charge < -0.3 is 15.2 Å². The molecule has 0 fully saturated rings. The highest BCUT2D eigenvalue weighted by molar-refractivity contribution is 6.05. The Morgan fingerprint density at radius 2 is 2.22 bits per heavy atom. The highest BCUT2D eigenvalue weighted by atomic mass is 16.5. The lowest BCUT2D eigenvalue weighted by molar-refractivity contribution is 0.0949. The lowest BCUT2D eigenvalue weighted by atomic mass is 10.0. The van der Waals surface area contributed by atoms with Gasteiger partial charge in [0.05, 0.1) is 0 Å². The van der Waals surface area contributed by atoms with E-state index in [0.717, 1.165) is 18.5 Å². The molecule has 0 saturated carbocycles. The molecule has 0 aliphatic carbocycles. The number of para-hydroxylation sites is 1. The van der Waals surface area contributed by atoms with Crippen LogP contribution in [0.3, 0.4) is 0 Å². The maximum atomic E-state index is 12.3. The van der Waals surface area contributed by atoms with E-state index in [2.05, 4.69) is 5.16 Å². The number of carbonyl (C=O) groups excluding carboxylic acids is 1. The number of hydrogen-bond acceptors (Lipinski definition) is 4. The molecule has 0 spiro atoms. The zero-order chi connectivity index (χ0) is 12.5. The third-order valence-electron chi connectivity index (χ3n) is 3.09. The maximum Gasteiger partial charge on any atom is 0.296 e. The summed E-state index contributed by atoms with van der Waals surface area (Å²) in [6, 6.07) is 9.37. The molecule has 1 aliphatic heterocycles. The zero-order valence-corrected chi connectivity index (χ0v) is 9.80. The Morgan fingerprint density at radius 3 is 3.00 bits per heavy atom. The number of aromatic nitrogens is 1. The van der Waals surface area contributed by atoms with Crippen molar-refractivity contribution in [3.63, 3.8) is 0 Å². The van der Waals surface area contributed by atoms with E-state index in [1.54, 1.807) is 4.90 Å². The van der Waals surface area contributed by atoms with Crippen LogP contribution in [0.5, 0.6) is 0 Å². The van der Waals surface area contributed by atoms with E-state index in [-0.39, 0.29) is 17.5 Å². The monoisotopic (exact) mass is 243 g/mol. The second-order valence-electron chi connectivity index (χ2n) is 4.31. The number of anilines is 2. The molecule has 2 heterocycles. The van der Waals surface area contributed by atoms with Crippen LogP contribution in [0.2, 0.25) is 0 Å². The highest BCUT2D eigenvalue weighted by Gasteiger charge is 2.25. The predicted molar refractivity (Wildman–Crippen MR) is 67.4 cm³/mol. The summed E-state index contributed by atoms with van der Waals surface area (Å²) < 4.78 is 4.93. The first-order valence-electron chi connectivity index (χ1n) is 5.87. The van der Waals surface area contributed by atoms with E-state index < -0.39 is 0 Å². The van der Waals surface area contributed by atoms with Crippen molar-refractivity contribution >= 4 is 17.4 Å². The molecular weight excluding hydrogens is 230 g/mol. The van der Waals surface area contributed by atoms with Crippen LogP contribution < -0.4 is 10.6 Å². The highest BCUT2D eigenvalue weighted by Crippen LogP contribution is 2.28. The van der Waals surface area contributed by atoms with Crippen LogP contribution >= 0.6 is 0 Å². The maximum absolute atomic E-state index is 12.3. The SMILES string of the molecule is Nc1cc(C(=O)N2CCCc3ccccc32)on1. The van der Waals surface area contributed by atoms with Gasteiger partial charge in [-0.1, -0.05) is 23.4 Å². The number of amides is 1. The summed E-state index contributed by atoms with van der Waals surface area (Å²) in [5.74, 6) is 0.221. The van der Waals surface area contributed by atoms with Gasteiger partial charge >= 0.3 is 0 Å². The first-order valence-corrected chi connectivity index (χ1v) is 5.87. The van der Waals surface area contributed by atoms with Crippen molar-refractivity contribution in [2.75, 3.05) is 17.2 Å².